The van der Waals surface area contributed by atoms with E-state index in [1.54, 1.807) is 6.92 Å². The van der Waals surface area contributed by atoms with Gasteiger partial charge in [-0.3, -0.25) is 4.79 Å². The standard InChI is InChI=1S/C7H16N2O/c1-4-7(5-8-3)9-6(2)10/h7-8H,4-5H2,1-3H3,(H,9,10). The smallest absolute Gasteiger partial charge is 0.217 e. The van der Waals surface area contributed by atoms with E-state index in [0.717, 1.165) is 13.0 Å². The van der Waals surface area contributed by atoms with Gasteiger partial charge < -0.3 is 10.6 Å². The second-order valence-corrected chi connectivity index (χ2v) is 2.36. The van der Waals surface area contributed by atoms with Crippen LogP contribution >= 0.6 is 0 Å². The minimum Gasteiger partial charge on any atom is -0.352 e. The van der Waals surface area contributed by atoms with Gasteiger partial charge >= 0.3 is 0 Å². The van der Waals surface area contributed by atoms with Gasteiger partial charge in [0.25, 0.3) is 0 Å². The average molecular weight is 144 g/mol. The average Bonchev–Trinajstić information content (AvgIpc) is 1.86. The fourth-order valence-electron chi connectivity index (χ4n) is 0.831. The fraction of sp³-hybridized carbons (Fsp3) is 0.857. The lowest BCUT2D eigenvalue weighted by Gasteiger charge is -2.14. The predicted octanol–water partition coefficient (Wildman–Crippen LogP) is 0.120. The molecule has 3 heteroatoms. The zero-order valence-electron chi connectivity index (χ0n) is 6.90. The number of carbonyl (C=O) groups is 1. The van der Waals surface area contributed by atoms with E-state index in [1.807, 2.05) is 7.05 Å². The maximum atomic E-state index is 10.5. The minimum absolute atomic E-state index is 0.0436. The van der Waals surface area contributed by atoms with Gasteiger partial charge in [-0.2, -0.15) is 0 Å². The van der Waals surface area contributed by atoms with Gasteiger partial charge in [0.05, 0.1) is 0 Å². The molecule has 0 bridgehead atoms. The van der Waals surface area contributed by atoms with Crippen LogP contribution in [0.25, 0.3) is 0 Å². The van der Waals surface area contributed by atoms with Crippen molar-refractivity contribution in [1.82, 2.24) is 10.6 Å². The molecule has 3 nitrogen and oxygen atoms in total. The van der Waals surface area contributed by atoms with E-state index in [2.05, 4.69) is 17.6 Å². The van der Waals surface area contributed by atoms with Crippen LogP contribution in [0.1, 0.15) is 20.3 Å². The molecule has 0 aromatic rings. The lowest BCUT2D eigenvalue weighted by molar-refractivity contribution is -0.119. The Balaban J connectivity index is 3.49. The summed E-state index contributed by atoms with van der Waals surface area (Å²) in [6, 6.07) is 0.280. The maximum Gasteiger partial charge on any atom is 0.217 e. The Bertz CT molecular complexity index is 104. The predicted molar refractivity (Wildman–Crippen MR) is 41.8 cm³/mol. The van der Waals surface area contributed by atoms with Gasteiger partial charge in [0.15, 0.2) is 0 Å². The lowest BCUT2D eigenvalue weighted by Crippen LogP contribution is -2.39. The largest absolute Gasteiger partial charge is 0.352 e. The first-order valence-corrected chi connectivity index (χ1v) is 3.62. The minimum atomic E-state index is 0.0436. The monoisotopic (exact) mass is 144 g/mol. The van der Waals surface area contributed by atoms with E-state index in [1.165, 1.54) is 0 Å². The molecule has 0 fully saturated rings. The third-order valence-corrected chi connectivity index (χ3v) is 1.35. The molecule has 60 valence electrons. The number of carbonyl (C=O) groups excluding carboxylic acids is 1. The van der Waals surface area contributed by atoms with Crippen molar-refractivity contribution in [1.29, 1.82) is 0 Å². The molecule has 1 amide bonds. The molecule has 0 aromatic carbocycles. The summed E-state index contributed by atoms with van der Waals surface area (Å²) in [6.45, 7) is 4.44. The van der Waals surface area contributed by atoms with Crippen molar-refractivity contribution in [2.45, 2.75) is 26.3 Å². The molecule has 0 saturated heterocycles. The molecular weight excluding hydrogens is 128 g/mol. The zero-order chi connectivity index (χ0) is 7.98. The number of nitrogens with one attached hydrogen (secondary N) is 2. The van der Waals surface area contributed by atoms with Crippen LogP contribution in [0.2, 0.25) is 0 Å². The first-order valence-electron chi connectivity index (χ1n) is 3.62. The Kier molecular flexibility index (Phi) is 4.94. The van der Waals surface area contributed by atoms with Crippen LogP contribution < -0.4 is 10.6 Å². The number of hydrogen-bond acceptors (Lipinski definition) is 2. The molecule has 1 unspecified atom stereocenters. The quantitative estimate of drug-likeness (QED) is 0.588. The first kappa shape index (κ1) is 9.43. The van der Waals surface area contributed by atoms with Crippen LogP contribution in [0.5, 0.6) is 0 Å². The fourth-order valence-corrected chi connectivity index (χ4v) is 0.831. The molecule has 0 spiro atoms. The number of likely N-dealkylation sites (N-methyl/N-ethyl adjacent to an activating group) is 1. The van der Waals surface area contributed by atoms with E-state index in [9.17, 15) is 4.79 Å². The summed E-state index contributed by atoms with van der Waals surface area (Å²) in [5.41, 5.74) is 0. The van der Waals surface area contributed by atoms with E-state index in [4.69, 9.17) is 0 Å². The summed E-state index contributed by atoms with van der Waals surface area (Å²) in [5.74, 6) is 0.0436. The van der Waals surface area contributed by atoms with Gasteiger partial charge in [-0.15, -0.1) is 0 Å². The van der Waals surface area contributed by atoms with Crippen molar-refractivity contribution in [3.8, 4) is 0 Å². The third kappa shape index (κ3) is 4.32. The molecular formula is C7H16N2O. The SMILES string of the molecule is CCC(CNC)NC(C)=O. The highest BCUT2D eigenvalue weighted by Gasteiger charge is 2.03. The second kappa shape index (κ2) is 5.23. The molecule has 0 heterocycles. The summed E-state index contributed by atoms with van der Waals surface area (Å²) in [6.07, 6.45) is 0.973. The zero-order valence-corrected chi connectivity index (χ0v) is 6.90. The molecule has 0 radical (unpaired) electrons. The second-order valence-electron chi connectivity index (χ2n) is 2.36. The summed E-state index contributed by atoms with van der Waals surface area (Å²) in [7, 11) is 1.88. The van der Waals surface area contributed by atoms with Gasteiger partial charge in [-0.1, -0.05) is 6.92 Å². The van der Waals surface area contributed by atoms with Crippen LogP contribution in [0, 0.1) is 0 Å². The Morgan fingerprint density at radius 3 is 2.50 bits per heavy atom. The number of amides is 1. The van der Waals surface area contributed by atoms with Gasteiger partial charge in [-0.25, -0.2) is 0 Å². The molecule has 0 aromatic heterocycles. The molecule has 1 atom stereocenters. The van der Waals surface area contributed by atoms with E-state index < -0.39 is 0 Å². The Labute approximate surface area is 62.2 Å². The van der Waals surface area contributed by atoms with Gasteiger partial charge in [0.2, 0.25) is 5.91 Å². The normalized spacial score (nSPS) is 12.7. The Hall–Kier alpha value is -0.570. The van der Waals surface area contributed by atoms with Gasteiger partial charge in [0, 0.05) is 19.5 Å². The first-order chi connectivity index (χ1) is 4.70. The molecule has 0 saturated carbocycles. The van der Waals surface area contributed by atoms with Crippen LogP contribution in [-0.2, 0) is 4.79 Å². The van der Waals surface area contributed by atoms with Crippen LogP contribution in [-0.4, -0.2) is 25.5 Å². The van der Waals surface area contributed by atoms with Crippen molar-refractivity contribution < 1.29 is 4.79 Å². The van der Waals surface area contributed by atoms with E-state index >= 15 is 0 Å². The van der Waals surface area contributed by atoms with Crippen molar-refractivity contribution in [3.05, 3.63) is 0 Å². The number of rotatable bonds is 4. The molecule has 0 aliphatic heterocycles. The highest BCUT2D eigenvalue weighted by molar-refractivity contribution is 5.73. The molecule has 2 N–H and O–H groups in total. The Morgan fingerprint density at radius 2 is 2.20 bits per heavy atom. The third-order valence-electron chi connectivity index (χ3n) is 1.35. The highest BCUT2D eigenvalue weighted by Crippen LogP contribution is 1.87. The molecule has 0 rings (SSSR count). The van der Waals surface area contributed by atoms with E-state index in [-0.39, 0.29) is 11.9 Å². The highest BCUT2D eigenvalue weighted by atomic mass is 16.1. The van der Waals surface area contributed by atoms with Crippen LogP contribution in [0.3, 0.4) is 0 Å². The molecule has 10 heavy (non-hydrogen) atoms. The van der Waals surface area contributed by atoms with Crippen LogP contribution in [0.15, 0.2) is 0 Å². The summed E-state index contributed by atoms with van der Waals surface area (Å²) in [5, 5.41) is 5.84. The molecule has 0 aliphatic rings. The number of hydrogen-bond donors (Lipinski definition) is 2. The van der Waals surface area contributed by atoms with Crippen molar-refractivity contribution in [2.75, 3.05) is 13.6 Å². The summed E-state index contributed by atoms with van der Waals surface area (Å²) in [4.78, 5) is 10.5. The summed E-state index contributed by atoms with van der Waals surface area (Å²) < 4.78 is 0. The van der Waals surface area contributed by atoms with Crippen molar-refractivity contribution in [3.63, 3.8) is 0 Å². The topological polar surface area (TPSA) is 41.1 Å². The van der Waals surface area contributed by atoms with Crippen LogP contribution in [0.4, 0.5) is 0 Å². The van der Waals surface area contributed by atoms with Crippen molar-refractivity contribution in [2.24, 2.45) is 0 Å². The maximum absolute atomic E-state index is 10.5. The van der Waals surface area contributed by atoms with Crippen molar-refractivity contribution >= 4 is 5.91 Å². The Morgan fingerprint density at radius 1 is 1.60 bits per heavy atom. The van der Waals surface area contributed by atoms with E-state index in [0.29, 0.717) is 0 Å². The molecule has 0 aliphatic carbocycles. The van der Waals surface area contributed by atoms with Gasteiger partial charge in [-0.05, 0) is 13.5 Å². The lowest BCUT2D eigenvalue weighted by atomic mass is 10.2. The van der Waals surface area contributed by atoms with Gasteiger partial charge in [0.1, 0.15) is 0 Å². The summed E-state index contributed by atoms with van der Waals surface area (Å²) >= 11 is 0.